The van der Waals surface area contributed by atoms with Crippen molar-refractivity contribution in [1.29, 1.82) is 0 Å². The lowest BCUT2D eigenvalue weighted by Crippen LogP contribution is -2.41. The lowest BCUT2D eigenvalue weighted by atomic mass is 9.77. The van der Waals surface area contributed by atoms with Crippen LogP contribution in [0.3, 0.4) is 0 Å². The highest BCUT2D eigenvalue weighted by molar-refractivity contribution is 9.10. The largest absolute Gasteiger partial charge is 0.494 e. The molecule has 0 spiro atoms. The predicted octanol–water partition coefficient (Wildman–Crippen LogP) is 17.1. The maximum Gasteiger partial charge on any atom is 0.494 e. The van der Waals surface area contributed by atoms with E-state index in [0.29, 0.717) is 0 Å². The lowest BCUT2D eigenvalue weighted by Gasteiger charge is -2.32. The third-order valence-corrected chi connectivity index (χ3v) is 16.6. The first-order valence-electron chi connectivity index (χ1n) is 24.7. The van der Waals surface area contributed by atoms with E-state index < -0.39 is 0 Å². The second-order valence-corrected chi connectivity index (χ2v) is 22.1. The number of rotatable bonds is 1. The van der Waals surface area contributed by atoms with E-state index >= 15 is 0 Å². The molecular weight excluding hydrogens is 934 g/mol. The lowest BCUT2D eigenvalue weighted by molar-refractivity contribution is 0.00578. The Labute approximate surface area is 424 Å². The van der Waals surface area contributed by atoms with Crippen LogP contribution in [0.2, 0.25) is 0 Å². The van der Waals surface area contributed by atoms with Crippen molar-refractivity contribution in [2.24, 2.45) is 0 Å². The van der Waals surface area contributed by atoms with Crippen molar-refractivity contribution in [2.45, 2.75) is 77.8 Å². The fraction of sp³-hybridized carbons (Fsp3) is 0.188. The summed E-state index contributed by atoms with van der Waals surface area (Å²) >= 11 is 3.67. The molecular formula is C64H54B2BrO4. The minimum atomic E-state index is -0.382. The van der Waals surface area contributed by atoms with Gasteiger partial charge in [-0.2, -0.15) is 0 Å². The molecule has 0 atom stereocenters. The standard InChI is InChI=1S/C32H27BO2.C26H15Br.C6H12BO2/c1-31(2)32(3,4)35-33(34-31)20-17-18-27-28(19-20)23-13-7-10-16-26(23)29-24-14-8-5-11-21(24)22-12-6-9-15-25(22)30(27)29;27-16-13-14-23-24(15-16)19-9-3-6-12-22(19)25-20-10-4-1-7-17(20)18-8-2-5-11-21(18)26(23)25;1-5(2)6(3,4)9-7-8-5/h5-19H,1-4H3;1-15H;1-4H3. The average molecular weight is 989 g/mol. The van der Waals surface area contributed by atoms with Crippen LogP contribution in [0.4, 0.5) is 0 Å². The van der Waals surface area contributed by atoms with Gasteiger partial charge in [-0.1, -0.05) is 186 Å². The average Bonchev–Trinajstić information content (AvgIpc) is 3.77. The molecule has 0 amide bonds. The van der Waals surface area contributed by atoms with Gasteiger partial charge < -0.3 is 18.6 Å². The van der Waals surface area contributed by atoms with E-state index in [4.69, 9.17) is 18.6 Å². The van der Waals surface area contributed by atoms with Gasteiger partial charge in [0.05, 0.1) is 22.4 Å². The third kappa shape index (κ3) is 7.34. The SMILES string of the molecule is Brc1ccc2c(c1)c1ccccc1c1c3ccccc3c3ccccc3c21.CC1(C)OB(c2ccc3c(c2)c2ccccc2c2c4ccccc4c4ccccc4c32)OC1(C)C.CC1(C)O[B]OC1(C)C. The Morgan fingerprint density at radius 2 is 0.577 bits per heavy atom. The zero-order valence-electron chi connectivity index (χ0n) is 41.5. The summed E-state index contributed by atoms with van der Waals surface area (Å²) in [4.78, 5) is 0. The highest BCUT2D eigenvalue weighted by Crippen LogP contribution is 2.46. The fourth-order valence-corrected chi connectivity index (χ4v) is 11.3. The van der Waals surface area contributed by atoms with Crippen molar-refractivity contribution in [1.82, 2.24) is 0 Å². The zero-order chi connectivity index (χ0) is 49.0. The Balaban J connectivity index is 0.000000127. The quantitative estimate of drug-likeness (QED) is 0.121. The summed E-state index contributed by atoms with van der Waals surface area (Å²) in [6.07, 6.45) is 0. The van der Waals surface area contributed by atoms with Gasteiger partial charge in [-0.05, 0) is 181 Å². The number of hydrogen-bond donors (Lipinski definition) is 0. The molecule has 2 saturated heterocycles. The first-order chi connectivity index (χ1) is 34.1. The molecule has 7 heteroatoms. The maximum atomic E-state index is 6.40. The summed E-state index contributed by atoms with van der Waals surface area (Å²) < 4.78 is 24.3. The first-order valence-corrected chi connectivity index (χ1v) is 25.5. The van der Waals surface area contributed by atoms with Gasteiger partial charge in [-0.25, -0.2) is 0 Å². The number of hydrogen-bond acceptors (Lipinski definition) is 4. The van der Waals surface area contributed by atoms with E-state index in [2.05, 4.69) is 226 Å². The Morgan fingerprint density at radius 1 is 0.310 bits per heavy atom. The van der Waals surface area contributed by atoms with E-state index in [1.54, 1.807) is 0 Å². The second kappa shape index (κ2) is 16.9. The fourth-order valence-electron chi connectivity index (χ4n) is 10.9. The van der Waals surface area contributed by atoms with E-state index in [9.17, 15) is 0 Å². The molecule has 0 saturated carbocycles. The molecule has 0 bridgehead atoms. The molecule has 1 radical (unpaired) electrons. The van der Waals surface area contributed by atoms with Crippen LogP contribution in [0, 0.1) is 0 Å². The van der Waals surface area contributed by atoms with Crippen molar-refractivity contribution < 1.29 is 18.6 Å². The van der Waals surface area contributed by atoms with Crippen LogP contribution in [0.5, 0.6) is 0 Å². The van der Waals surface area contributed by atoms with Crippen LogP contribution in [-0.4, -0.2) is 37.2 Å². The van der Waals surface area contributed by atoms with E-state index in [-0.39, 0.29) is 29.5 Å². The van der Waals surface area contributed by atoms with Gasteiger partial charge in [0.2, 0.25) is 0 Å². The van der Waals surface area contributed by atoms with Gasteiger partial charge in [-0.15, -0.1) is 0 Å². The highest BCUT2D eigenvalue weighted by Gasteiger charge is 2.51. The van der Waals surface area contributed by atoms with Crippen LogP contribution in [0.15, 0.2) is 186 Å². The molecule has 2 fully saturated rings. The summed E-state index contributed by atoms with van der Waals surface area (Å²) in [5, 5.41) is 26.1. The Kier molecular flexibility index (Phi) is 10.9. The van der Waals surface area contributed by atoms with Gasteiger partial charge in [0, 0.05) is 4.47 Å². The number of halogens is 1. The molecule has 0 aliphatic carbocycles. The summed E-state index contributed by atoms with van der Waals surface area (Å²) in [5.41, 5.74) is -0.0498. The first kappa shape index (κ1) is 45.8. The topological polar surface area (TPSA) is 36.9 Å². The Morgan fingerprint density at radius 3 is 0.887 bits per heavy atom. The van der Waals surface area contributed by atoms with Crippen molar-refractivity contribution >= 4 is 144 Å². The van der Waals surface area contributed by atoms with Gasteiger partial charge in [0.25, 0.3) is 0 Å². The number of fused-ring (bicyclic) bond motifs is 22. The smallest absolute Gasteiger partial charge is 0.405 e. The van der Waals surface area contributed by atoms with Gasteiger partial charge in [0.15, 0.2) is 0 Å². The van der Waals surface area contributed by atoms with Crippen molar-refractivity contribution in [3.8, 4) is 0 Å². The highest BCUT2D eigenvalue weighted by atomic mass is 79.9. The Bertz CT molecular complexity index is 4110. The summed E-state index contributed by atoms with van der Waals surface area (Å²) in [6.45, 7) is 16.5. The van der Waals surface area contributed by atoms with Gasteiger partial charge in [0.1, 0.15) is 0 Å². The van der Waals surface area contributed by atoms with Gasteiger partial charge >= 0.3 is 14.8 Å². The van der Waals surface area contributed by atoms with Crippen LogP contribution < -0.4 is 5.46 Å². The van der Waals surface area contributed by atoms with E-state index in [1.165, 1.54) is 115 Å². The van der Waals surface area contributed by atoms with E-state index in [0.717, 1.165) is 9.94 Å². The summed E-state index contributed by atoms with van der Waals surface area (Å²) in [5.74, 6) is 0. The van der Waals surface area contributed by atoms with Crippen LogP contribution in [0.1, 0.15) is 55.4 Å². The normalized spacial score (nSPS) is 16.8. The van der Waals surface area contributed by atoms with Crippen LogP contribution >= 0.6 is 15.9 Å². The summed E-state index contributed by atoms with van der Waals surface area (Å²) in [7, 11) is 1.03. The van der Waals surface area contributed by atoms with Crippen LogP contribution in [0.25, 0.3) is 108 Å². The molecule has 12 aromatic carbocycles. The van der Waals surface area contributed by atoms with Crippen molar-refractivity contribution in [3.05, 3.63) is 186 Å². The molecule has 0 N–H and O–H groups in total. The minimum Gasteiger partial charge on any atom is -0.405 e. The molecule has 2 aliphatic heterocycles. The predicted molar refractivity (Wildman–Crippen MR) is 307 cm³/mol. The summed E-state index contributed by atoms with van der Waals surface area (Å²) in [6, 6.07) is 66.2. The van der Waals surface area contributed by atoms with Crippen molar-refractivity contribution in [3.63, 3.8) is 0 Å². The maximum absolute atomic E-state index is 6.40. The molecule has 4 nitrogen and oxygen atoms in total. The molecule has 12 aromatic rings. The third-order valence-electron chi connectivity index (χ3n) is 16.1. The molecule has 0 unspecified atom stereocenters. The van der Waals surface area contributed by atoms with Crippen molar-refractivity contribution in [2.75, 3.05) is 0 Å². The number of benzene rings is 12. The molecule has 0 aromatic heterocycles. The molecule has 2 aliphatic rings. The van der Waals surface area contributed by atoms with Crippen LogP contribution in [-0.2, 0) is 18.6 Å². The molecule has 2 heterocycles. The van der Waals surface area contributed by atoms with Gasteiger partial charge in [-0.3, -0.25) is 0 Å². The molecule has 71 heavy (non-hydrogen) atoms. The second-order valence-electron chi connectivity index (χ2n) is 21.2. The monoisotopic (exact) mass is 987 g/mol. The molecule has 14 rings (SSSR count). The Hall–Kier alpha value is -6.31. The van der Waals surface area contributed by atoms with E-state index in [1.807, 2.05) is 27.7 Å². The zero-order valence-corrected chi connectivity index (χ0v) is 43.1. The minimum absolute atomic E-state index is 0.187. The molecule has 347 valence electrons.